The summed E-state index contributed by atoms with van der Waals surface area (Å²) >= 11 is 0. The second kappa shape index (κ2) is 11.1. The van der Waals surface area contributed by atoms with E-state index in [4.69, 9.17) is 0 Å². The molecule has 3 heteroatoms. The number of halogens is 1. The van der Waals surface area contributed by atoms with E-state index < -0.39 is 7.26 Å². The van der Waals surface area contributed by atoms with E-state index in [1.807, 2.05) is 0 Å². The van der Waals surface area contributed by atoms with E-state index >= 15 is 0 Å². The van der Waals surface area contributed by atoms with Crippen LogP contribution in [0.4, 0.5) is 0 Å². The van der Waals surface area contributed by atoms with Crippen LogP contribution in [0.2, 0.25) is 0 Å². The molecule has 0 bridgehead atoms. The molecule has 0 fully saturated rings. The molecule has 0 radical (unpaired) electrons. The van der Waals surface area contributed by atoms with Gasteiger partial charge in [-0.25, -0.2) is 0 Å². The van der Waals surface area contributed by atoms with Crippen LogP contribution >= 0.6 is 7.26 Å². The third-order valence-corrected chi connectivity index (χ3v) is 10.0. The molecule has 29 heavy (non-hydrogen) atoms. The lowest BCUT2D eigenvalue weighted by Gasteiger charge is -2.34. The smallest absolute Gasteiger partial charge is 0.113 e. The Balaban J connectivity index is 0.00000300. The van der Waals surface area contributed by atoms with Crippen molar-refractivity contribution in [3.8, 4) is 0 Å². The van der Waals surface area contributed by atoms with Crippen molar-refractivity contribution in [2.45, 2.75) is 39.8 Å². The second-order valence-electron chi connectivity index (χ2n) is 7.97. The number of hydrogen-bond acceptors (Lipinski definition) is 1. The van der Waals surface area contributed by atoms with Crippen molar-refractivity contribution >= 4 is 23.2 Å². The van der Waals surface area contributed by atoms with Crippen molar-refractivity contribution in [1.82, 2.24) is 4.90 Å². The maximum absolute atomic E-state index is 2.63. The Morgan fingerprint density at radius 2 is 0.897 bits per heavy atom. The molecule has 0 N–H and O–H groups in total. The maximum atomic E-state index is 2.63. The molecule has 0 aliphatic heterocycles. The van der Waals surface area contributed by atoms with E-state index in [1.54, 1.807) is 0 Å². The van der Waals surface area contributed by atoms with Gasteiger partial charge in [0.2, 0.25) is 0 Å². The van der Waals surface area contributed by atoms with Crippen LogP contribution in [0.5, 0.6) is 0 Å². The van der Waals surface area contributed by atoms with Gasteiger partial charge in [-0.05, 0) is 64.1 Å². The van der Waals surface area contributed by atoms with Gasteiger partial charge in [-0.2, -0.15) is 0 Å². The van der Waals surface area contributed by atoms with Crippen molar-refractivity contribution in [1.29, 1.82) is 0 Å². The molecule has 0 heterocycles. The normalized spacial score (nSPS) is 11.7. The van der Waals surface area contributed by atoms with Crippen molar-refractivity contribution in [2.75, 3.05) is 12.7 Å². The standard InChI is InChI=1S/C26H33NP.BrH/c1-22(2)27(23(3)4)20-21-28(24-14-8-5-9-15-24,25-16-10-6-11-17-25)26-18-12-7-13-19-26;/h5-19,22-23H,20-21H2,1-4H3;1H/q+1;/p-1. The SMILES string of the molecule is CC(C)N(CC[P+](c1ccccc1)(c1ccccc1)c1ccccc1)C(C)C.[Br-]. The van der Waals surface area contributed by atoms with E-state index in [1.165, 1.54) is 15.9 Å². The summed E-state index contributed by atoms with van der Waals surface area (Å²) in [5, 5.41) is 4.42. The average Bonchev–Trinajstić information content (AvgIpc) is 2.73. The molecule has 0 saturated carbocycles. The van der Waals surface area contributed by atoms with Gasteiger partial charge in [0.05, 0.1) is 6.16 Å². The topological polar surface area (TPSA) is 3.24 Å². The molecule has 0 amide bonds. The van der Waals surface area contributed by atoms with Crippen LogP contribution in [0, 0.1) is 0 Å². The van der Waals surface area contributed by atoms with Crippen LogP contribution in [0.15, 0.2) is 91.0 Å². The predicted molar refractivity (Wildman–Crippen MR) is 127 cm³/mol. The van der Waals surface area contributed by atoms with E-state index in [0.717, 1.165) is 12.7 Å². The fourth-order valence-corrected chi connectivity index (χ4v) is 8.50. The van der Waals surface area contributed by atoms with Crippen molar-refractivity contribution in [3.63, 3.8) is 0 Å². The highest BCUT2D eigenvalue weighted by Gasteiger charge is 2.45. The highest BCUT2D eigenvalue weighted by atomic mass is 79.9. The van der Waals surface area contributed by atoms with Gasteiger partial charge in [0.25, 0.3) is 0 Å². The van der Waals surface area contributed by atoms with Crippen LogP contribution in [0.3, 0.4) is 0 Å². The van der Waals surface area contributed by atoms with Crippen LogP contribution in [-0.2, 0) is 0 Å². The number of benzene rings is 3. The van der Waals surface area contributed by atoms with E-state index in [0.29, 0.717) is 12.1 Å². The summed E-state index contributed by atoms with van der Waals surface area (Å²) in [4.78, 5) is 2.63. The predicted octanol–water partition coefficient (Wildman–Crippen LogP) is 2.10. The quantitative estimate of drug-likeness (QED) is 0.456. The van der Waals surface area contributed by atoms with Gasteiger partial charge in [0.1, 0.15) is 23.2 Å². The van der Waals surface area contributed by atoms with Gasteiger partial charge < -0.3 is 17.0 Å². The zero-order valence-corrected chi connectivity index (χ0v) is 20.5. The van der Waals surface area contributed by atoms with Crippen LogP contribution in [0.1, 0.15) is 27.7 Å². The van der Waals surface area contributed by atoms with Crippen LogP contribution in [0.25, 0.3) is 0 Å². The first-order valence-corrected chi connectivity index (χ1v) is 12.3. The Bertz CT molecular complexity index is 730. The Morgan fingerprint density at radius 1 is 0.586 bits per heavy atom. The number of hydrogen-bond donors (Lipinski definition) is 0. The van der Waals surface area contributed by atoms with Gasteiger partial charge in [0, 0.05) is 18.6 Å². The summed E-state index contributed by atoms with van der Waals surface area (Å²) in [6.45, 7) is 10.4. The molecule has 3 aromatic carbocycles. The van der Waals surface area contributed by atoms with Gasteiger partial charge in [-0.3, -0.25) is 4.90 Å². The molecule has 1 nitrogen and oxygen atoms in total. The monoisotopic (exact) mass is 469 g/mol. The van der Waals surface area contributed by atoms with Gasteiger partial charge >= 0.3 is 0 Å². The average molecular weight is 470 g/mol. The van der Waals surface area contributed by atoms with Crippen LogP contribution < -0.4 is 32.9 Å². The molecule has 3 aromatic rings. The second-order valence-corrected chi connectivity index (χ2v) is 11.6. The summed E-state index contributed by atoms with van der Waals surface area (Å²) in [6.07, 6.45) is 1.15. The highest BCUT2D eigenvalue weighted by Crippen LogP contribution is 2.55. The number of nitrogens with zero attached hydrogens (tertiary/aromatic N) is 1. The minimum absolute atomic E-state index is 0. The molecule has 0 aliphatic carbocycles. The van der Waals surface area contributed by atoms with E-state index in [9.17, 15) is 0 Å². The zero-order chi connectivity index (χ0) is 20.0. The molecular formula is C26H33BrNP. The first kappa shape index (κ1) is 23.8. The molecule has 154 valence electrons. The number of rotatable bonds is 8. The molecular weight excluding hydrogens is 437 g/mol. The molecule has 0 atom stereocenters. The molecule has 0 spiro atoms. The van der Waals surface area contributed by atoms with Crippen molar-refractivity contribution < 1.29 is 17.0 Å². The van der Waals surface area contributed by atoms with Crippen molar-refractivity contribution in [3.05, 3.63) is 91.0 Å². The van der Waals surface area contributed by atoms with Crippen molar-refractivity contribution in [2.24, 2.45) is 0 Å². The fourth-order valence-electron chi connectivity index (χ4n) is 4.26. The summed E-state index contributed by atoms with van der Waals surface area (Å²) in [5.74, 6) is 0. The van der Waals surface area contributed by atoms with E-state index in [-0.39, 0.29) is 17.0 Å². The third-order valence-electron chi connectivity index (χ3n) is 5.61. The lowest BCUT2D eigenvalue weighted by atomic mass is 10.2. The highest BCUT2D eigenvalue weighted by molar-refractivity contribution is 7.95. The molecule has 0 aliphatic rings. The summed E-state index contributed by atoms with van der Waals surface area (Å²) in [6, 6.07) is 34.6. The first-order chi connectivity index (χ1) is 13.6. The fraction of sp³-hybridized carbons (Fsp3) is 0.308. The van der Waals surface area contributed by atoms with Crippen LogP contribution in [-0.4, -0.2) is 29.7 Å². The van der Waals surface area contributed by atoms with Gasteiger partial charge in [0.15, 0.2) is 0 Å². The summed E-state index contributed by atoms with van der Waals surface area (Å²) in [5.41, 5.74) is 0. The Kier molecular flexibility index (Phi) is 9.08. The minimum atomic E-state index is -1.73. The third kappa shape index (κ3) is 5.37. The van der Waals surface area contributed by atoms with E-state index in [2.05, 4.69) is 124 Å². The molecule has 0 unspecified atom stereocenters. The molecule has 3 rings (SSSR count). The van der Waals surface area contributed by atoms with Gasteiger partial charge in [-0.1, -0.05) is 54.6 Å². The Labute approximate surface area is 188 Å². The maximum Gasteiger partial charge on any atom is 0.113 e. The lowest BCUT2D eigenvalue weighted by molar-refractivity contribution is -0.00000639. The Hall–Kier alpha value is -1.47. The minimum Gasteiger partial charge on any atom is -1.00 e. The Morgan fingerprint density at radius 3 is 1.17 bits per heavy atom. The first-order valence-electron chi connectivity index (χ1n) is 10.4. The summed E-state index contributed by atoms with van der Waals surface area (Å²) in [7, 11) is -1.73. The lowest BCUT2D eigenvalue weighted by Crippen LogP contribution is -3.00. The zero-order valence-electron chi connectivity index (χ0n) is 18.0. The molecule has 0 aromatic heterocycles. The summed E-state index contributed by atoms with van der Waals surface area (Å²) < 4.78 is 0. The largest absolute Gasteiger partial charge is 1.00 e. The molecule has 0 saturated heterocycles. The van der Waals surface area contributed by atoms with Gasteiger partial charge in [-0.15, -0.1) is 0 Å².